The number of esters is 1. The molecule has 86 valence electrons. The Balaban J connectivity index is 3.41. The fraction of sp³-hybridized carbons (Fsp3) is 0.667. The highest BCUT2D eigenvalue weighted by molar-refractivity contribution is 5.81. The van der Waals surface area contributed by atoms with Crippen LogP contribution in [0.3, 0.4) is 0 Å². The van der Waals surface area contributed by atoms with Crippen molar-refractivity contribution >= 4 is 17.8 Å². The molecule has 6 heteroatoms. The molecule has 0 atom stereocenters. The molecule has 0 aromatic rings. The number of aliphatic carboxylic acids is 1. The Morgan fingerprint density at radius 3 is 2.40 bits per heavy atom. The van der Waals surface area contributed by atoms with Gasteiger partial charge in [-0.05, 0) is 6.42 Å². The highest BCUT2D eigenvalue weighted by Gasteiger charge is 2.06. The number of carbonyl (C=O) groups excluding carboxylic acids is 2. The zero-order valence-corrected chi connectivity index (χ0v) is 8.62. The molecule has 0 saturated carbocycles. The summed E-state index contributed by atoms with van der Waals surface area (Å²) in [5.74, 6) is -1.60. The van der Waals surface area contributed by atoms with Gasteiger partial charge in [0, 0.05) is 19.4 Å². The van der Waals surface area contributed by atoms with Gasteiger partial charge in [0.25, 0.3) is 0 Å². The van der Waals surface area contributed by atoms with E-state index in [1.165, 1.54) is 7.11 Å². The number of amides is 1. The number of carboxylic acid groups (broad SMARTS) is 1. The summed E-state index contributed by atoms with van der Waals surface area (Å²) < 4.78 is 4.36. The van der Waals surface area contributed by atoms with Gasteiger partial charge in [0.2, 0.25) is 5.91 Å². The van der Waals surface area contributed by atoms with E-state index in [4.69, 9.17) is 5.11 Å². The van der Waals surface area contributed by atoms with Crippen molar-refractivity contribution in [2.75, 3.05) is 13.7 Å². The molecular formula is C9H15NO5. The lowest BCUT2D eigenvalue weighted by atomic mass is 10.2. The van der Waals surface area contributed by atoms with Crippen LogP contribution < -0.4 is 5.32 Å². The molecule has 0 spiro atoms. The van der Waals surface area contributed by atoms with Crippen molar-refractivity contribution in [2.24, 2.45) is 0 Å². The molecular weight excluding hydrogens is 202 g/mol. The molecule has 0 fully saturated rings. The van der Waals surface area contributed by atoms with Crippen LogP contribution in [0.5, 0.6) is 0 Å². The van der Waals surface area contributed by atoms with Crippen molar-refractivity contribution in [3.8, 4) is 0 Å². The average Bonchev–Trinajstić information content (AvgIpc) is 2.20. The number of hydrogen-bond acceptors (Lipinski definition) is 4. The first-order valence-corrected chi connectivity index (χ1v) is 4.61. The summed E-state index contributed by atoms with van der Waals surface area (Å²) >= 11 is 0. The van der Waals surface area contributed by atoms with Gasteiger partial charge in [-0.3, -0.25) is 14.4 Å². The summed E-state index contributed by atoms with van der Waals surface area (Å²) in [6.07, 6.45) is 0.525. The standard InChI is InChI=1S/C9H15NO5/c1-15-9(14)5-4-7(11)10-6-2-3-8(12)13/h2-6H2,1H3,(H,10,11)(H,12,13). The third-order valence-corrected chi connectivity index (χ3v) is 1.67. The number of rotatable bonds is 7. The predicted molar refractivity (Wildman–Crippen MR) is 51.1 cm³/mol. The molecule has 0 aromatic carbocycles. The van der Waals surface area contributed by atoms with Crippen LogP contribution in [0.25, 0.3) is 0 Å². The van der Waals surface area contributed by atoms with E-state index in [2.05, 4.69) is 10.1 Å². The molecule has 6 nitrogen and oxygen atoms in total. The van der Waals surface area contributed by atoms with Gasteiger partial charge < -0.3 is 15.2 Å². The molecule has 1 amide bonds. The summed E-state index contributed by atoms with van der Waals surface area (Å²) in [6, 6.07) is 0. The first kappa shape index (κ1) is 13.4. The van der Waals surface area contributed by atoms with Gasteiger partial charge in [0.05, 0.1) is 13.5 Å². The normalized spacial score (nSPS) is 9.40. The Bertz CT molecular complexity index is 239. The van der Waals surface area contributed by atoms with Gasteiger partial charge in [0.1, 0.15) is 0 Å². The molecule has 0 aliphatic carbocycles. The Kier molecular flexibility index (Phi) is 6.96. The van der Waals surface area contributed by atoms with Crippen molar-refractivity contribution in [1.29, 1.82) is 0 Å². The zero-order valence-electron chi connectivity index (χ0n) is 8.62. The summed E-state index contributed by atoms with van der Waals surface area (Å²) in [6.45, 7) is 0.312. The molecule has 0 saturated heterocycles. The van der Waals surface area contributed by atoms with E-state index in [9.17, 15) is 14.4 Å². The second-order valence-electron chi connectivity index (χ2n) is 2.92. The maximum atomic E-state index is 11.0. The van der Waals surface area contributed by atoms with Crippen LogP contribution in [0, 0.1) is 0 Å². The molecule has 0 bridgehead atoms. The van der Waals surface area contributed by atoms with Gasteiger partial charge in [-0.25, -0.2) is 0 Å². The average molecular weight is 217 g/mol. The van der Waals surface area contributed by atoms with Crippen LogP contribution in [-0.2, 0) is 19.1 Å². The fourth-order valence-corrected chi connectivity index (χ4v) is 0.873. The molecule has 0 radical (unpaired) electrons. The Labute approximate surface area is 87.6 Å². The third kappa shape index (κ3) is 8.73. The van der Waals surface area contributed by atoms with Gasteiger partial charge in [0.15, 0.2) is 0 Å². The number of ether oxygens (including phenoxy) is 1. The van der Waals surface area contributed by atoms with E-state index >= 15 is 0 Å². The topological polar surface area (TPSA) is 92.7 Å². The first-order chi connectivity index (χ1) is 7.06. The molecule has 15 heavy (non-hydrogen) atoms. The smallest absolute Gasteiger partial charge is 0.306 e. The zero-order chi connectivity index (χ0) is 11.7. The van der Waals surface area contributed by atoms with Gasteiger partial charge in [-0.1, -0.05) is 0 Å². The Morgan fingerprint density at radius 1 is 1.20 bits per heavy atom. The van der Waals surface area contributed by atoms with Crippen LogP contribution in [0.1, 0.15) is 25.7 Å². The van der Waals surface area contributed by atoms with E-state index < -0.39 is 11.9 Å². The number of nitrogens with one attached hydrogen (secondary N) is 1. The number of carbonyl (C=O) groups is 3. The Morgan fingerprint density at radius 2 is 1.87 bits per heavy atom. The van der Waals surface area contributed by atoms with Crippen molar-refractivity contribution in [2.45, 2.75) is 25.7 Å². The van der Waals surface area contributed by atoms with Crippen molar-refractivity contribution in [1.82, 2.24) is 5.32 Å². The highest BCUT2D eigenvalue weighted by Crippen LogP contribution is 1.92. The molecule has 2 N–H and O–H groups in total. The summed E-state index contributed by atoms with van der Waals surface area (Å²) in [5, 5.41) is 10.8. The van der Waals surface area contributed by atoms with Crippen LogP contribution in [0.4, 0.5) is 0 Å². The Hall–Kier alpha value is -1.59. The summed E-state index contributed by atoms with van der Waals surface area (Å²) in [7, 11) is 1.26. The van der Waals surface area contributed by atoms with Gasteiger partial charge in [-0.2, -0.15) is 0 Å². The van der Waals surface area contributed by atoms with Crippen LogP contribution in [-0.4, -0.2) is 36.6 Å². The maximum Gasteiger partial charge on any atom is 0.306 e. The van der Waals surface area contributed by atoms with E-state index in [-0.39, 0.29) is 25.2 Å². The summed E-state index contributed by atoms with van der Waals surface area (Å²) in [5.41, 5.74) is 0. The van der Waals surface area contributed by atoms with Crippen molar-refractivity contribution in [3.63, 3.8) is 0 Å². The second kappa shape index (κ2) is 7.78. The number of hydrogen-bond donors (Lipinski definition) is 2. The minimum Gasteiger partial charge on any atom is -0.481 e. The SMILES string of the molecule is COC(=O)CCC(=O)NCCCC(=O)O. The molecule has 0 aromatic heterocycles. The number of carboxylic acids is 1. The van der Waals surface area contributed by atoms with Crippen LogP contribution in [0.2, 0.25) is 0 Å². The molecule has 0 aliphatic rings. The first-order valence-electron chi connectivity index (χ1n) is 4.61. The predicted octanol–water partition coefficient (Wildman–Crippen LogP) is -0.0794. The van der Waals surface area contributed by atoms with Crippen molar-refractivity contribution in [3.05, 3.63) is 0 Å². The molecule has 0 unspecified atom stereocenters. The fourth-order valence-electron chi connectivity index (χ4n) is 0.873. The largest absolute Gasteiger partial charge is 0.481 e. The molecule has 0 aliphatic heterocycles. The van der Waals surface area contributed by atoms with Gasteiger partial charge in [-0.15, -0.1) is 0 Å². The van der Waals surface area contributed by atoms with Crippen LogP contribution >= 0.6 is 0 Å². The lowest BCUT2D eigenvalue weighted by Crippen LogP contribution is -2.25. The van der Waals surface area contributed by atoms with Crippen LogP contribution in [0.15, 0.2) is 0 Å². The summed E-state index contributed by atoms with van der Waals surface area (Å²) in [4.78, 5) is 31.8. The highest BCUT2D eigenvalue weighted by atomic mass is 16.5. The lowest BCUT2D eigenvalue weighted by molar-refractivity contribution is -0.142. The molecule has 0 heterocycles. The number of methoxy groups -OCH3 is 1. The van der Waals surface area contributed by atoms with E-state index in [1.807, 2.05) is 0 Å². The van der Waals surface area contributed by atoms with E-state index in [0.29, 0.717) is 13.0 Å². The quantitative estimate of drug-likeness (QED) is 0.459. The monoisotopic (exact) mass is 217 g/mol. The lowest BCUT2D eigenvalue weighted by Gasteiger charge is -2.03. The van der Waals surface area contributed by atoms with E-state index in [0.717, 1.165) is 0 Å². The molecule has 0 rings (SSSR count). The third-order valence-electron chi connectivity index (χ3n) is 1.67. The maximum absolute atomic E-state index is 11.0. The van der Waals surface area contributed by atoms with E-state index in [1.54, 1.807) is 0 Å². The minimum absolute atomic E-state index is 0.0251. The van der Waals surface area contributed by atoms with Gasteiger partial charge >= 0.3 is 11.9 Å². The second-order valence-corrected chi connectivity index (χ2v) is 2.92. The minimum atomic E-state index is -0.890. The van der Waals surface area contributed by atoms with Crippen molar-refractivity contribution < 1.29 is 24.2 Å².